The van der Waals surface area contributed by atoms with Gasteiger partial charge in [-0.3, -0.25) is 0 Å². The number of rotatable bonds is 14. The molecule has 0 fully saturated rings. The molecule has 0 spiro atoms. The summed E-state index contributed by atoms with van der Waals surface area (Å²) in [6, 6.07) is 62.6. The molecule has 8 aromatic rings. The highest BCUT2D eigenvalue weighted by molar-refractivity contribution is 5.34. The molecule has 1 N–H and O–H groups in total. The molecule has 0 saturated carbocycles. The van der Waals surface area contributed by atoms with Gasteiger partial charge in [-0.25, -0.2) is 9.97 Å². The second-order valence-electron chi connectivity index (χ2n) is 14.0. The van der Waals surface area contributed by atoms with Gasteiger partial charge in [-0.2, -0.15) is 0 Å². The highest BCUT2D eigenvalue weighted by Gasteiger charge is 2.34. The number of hydrogen-bond donors (Lipinski definition) is 1. The van der Waals surface area contributed by atoms with E-state index in [1.165, 1.54) is 33.5 Å². The van der Waals surface area contributed by atoms with E-state index in [-0.39, 0.29) is 0 Å². The summed E-state index contributed by atoms with van der Waals surface area (Å²) < 4.78 is 4.34. The highest BCUT2D eigenvalue weighted by atomic mass is 16.3. The molecule has 8 rings (SSSR count). The Morgan fingerprint density at radius 1 is 0.473 bits per heavy atom. The van der Waals surface area contributed by atoms with Gasteiger partial charge in [0.25, 0.3) is 0 Å². The van der Waals surface area contributed by atoms with Crippen LogP contribution in [0, 0.1) is 0 Å². The summed E-state index contributed by atoms with van der Waals surface area (Å²) in [5.41, 5.74) is 8.30. The van der Waals surface area contributed by atoms with Gasteiger partial charge in [0.2, 0.25) is 0 Å². The van der Waals surface area contributed by atoms with Crippen molar-refractivity contribution >= 4 is 0 Å². The third-order valence-electron chi connectivity index (χ3n) is 10.3. The molecule has 2 aromatic heterocycles. The normalized spacial score (nSPS) is 12.6. The average Bonchev–Trinajstić information content (AvgIpc) is 3.92. The van der Waals surface area contributed by atoms with Crippen LogP contribution in [0.4, 0.5) is 0 Å². The zero-order valence-electron chi connectivity index (χ0n) is 31.2. The van der Waals surface area contributed by atoms with Crippen LogP contribution < -0.4 is 0 Å². The lowest BCUT2D eigenvalue weighted by molar-refractivity contribution is 0.0632. The Hall–Kier alpha value is -6.30. The molecule has 0 bridgehead atoms. The molecule has 274 valence electrons. The summed E-state index contributed by atoms with van der Waals surface area (Å²) in [7, 11) is 0. The molecule has 5 nitrogen and oxygen atoms in total. The van der Waals surface area contributed by atoms with Gasteiger partial charge in [-0.05, 0) is 59.1 Å². The topological polar surface area (TPSA) is 55.9 Å². The molecule has 6 aromatic carbocycles. The molecule has 55 heavy (non-hydrogen) atoms. The number of hydrogen-bond acceptors (Lipinski definition) is 3. The molecular formula is C50H48N4O. The van der Waals surface area contributed by atoms with Crippen molar-refractivity contribution in [2.24, 2.45) is 0 Å². The second-order valence-corrected chi connectivity index (χ2v) is 14.0. The van der Waals surface area contributed by atoms with Crippen LogP contribution in [-0.2, 0) is 31.5 Å². The number of nitrogens with zero attached hydrogens (tertiary/aromatic N) is 4. The molecule has 0 aliphatic heterocycles. The maximum Gasteiger partial charge on any atom is 0.131 e. The summed E-state index contributed by atoms with van der Waals surface area (Å²) in [5, 5.41) is 11.9. The quantitative estimate of drug-likeness (QED) is 0.122. The van der Waals surface area contributed by atoms with Gasteiger partial charge in [0.05, 0.1) is 24.5 Å². The minimum atomic E-state index is -1.11. The van der Waals surface area contributed by atoms with E-state index in [2.05, 4.69) is 130 Å². The predicted octanol–water partition coefficient (Wildman–Crippen LogP) is 10.5. The van der Waals surface area contributed by atoms with Crippen LogP contribution in [0.1, 0.15) is 63.5 Å². The molecule has 2 unspecified atom stereocenters. The Kier molecular flexibility index (Phi) is 12.6. The fraction of sp³-hybridized carbons (Fsp3) is 0.160. The number of aliphatic hydroxyl groups is 1. The standard InChI is InChI=1S/C25H24N2O.C25H24N2/c28-25(23-14-8-3-9-15-23,17-16-21-10-4-1-5-11-21)24-18-26-20-27(24)19-22-12-6-2-7-13-22;1-4-10-21(11-5-1)16-17-24(23-14-8-3-9-15-23)25-18-26-20-27(25)19-22-12-6-2-7-13-22/h1-15,18,20,28H,16-17,19H2;1-15,18,20,24H,16-17,19H2. The molecule has 0 aliphatic rings. The van der Waals surface area contributed by atoms with E-state index in [1.807, 2.05) is 83.8 Å². The number of benzene rings is 6. The SMILES string of the molecule is OC(CCc1ccccc1)(c1ccccc1)c1cncn1Cc1ccccc1.c1ccc(CCC(c2ccccc2)c2cncn2Cc2ccccc2)cc1. The first kappa shape index (κ1) is 37.0. The fourth-order valence-corrected chi connectivity index (χ4v) is 7.34. The first-order valence-electron chi connectivity index (χ1n) is 19.1. The number of aryl methyl sites for hydroxylation is 2. The van der Waals surface area contributed by atoms with Crippen LogP contribution in [0.3, 0.4) is 0 Å². The van der Waals surface area contributed by atoms with Gasteiger partial charge in [0, 0.05) is 30.9 Å². The Morgan fingerprint density at radius 2 is 0.909 bits per heavy atom. The second kappa shape index (κ2) is 18.6. The predicted molar refractivity (Wildman–Crippen MR) is 223 cm³/mol. The van der Waals surface area contributed by atoms with Gasteiger partial charge >= 0.3 is 0 Å². The first-order valence-corrected chi connectivity index (χ1v) is 19.1. The van der Waals surface area contributed by atoms with E-state index in [0.29, 0.717) is 18.9 Å². The lowest BCUT2D eigenvalue weighted by Crippen LogP contribution is -2.31. The average molecular weight is 721 g/mol. The summed E-state index contributed by atoms with van der Waals surface area (Å²) in [5.74, 6) is 0.331. The smallest absolute Gasteiger partial charge is 0.131 e. The largest absolute Gasteiger partial charge is 0.379 e. The van der Waals surface area contributed by atoms with Crippen LogP contribution in [0.15, 0.2) is 207 Å². The third-order valence-corrected chi connectivity index (χ3v) is 10.3. The van der Waals surface area contributed by atoms with E-state index in [4.69, 9.17) is 0 Å². The van der Waals surface area contributed by atoms with Gasteiger partial charge in [-0.1, -0.05) is 182 Å². The lowest BCUT2D eigenvalue weighted by atomic mass is 9.85. The number of aromatic nitrogens is 4. The Balaban J connectivity index is 0.000000169. The van der Waals surface area contributed by atoms with Gasteiger partial charge in [0.15, 0.2) is 0 Å². The van der Waals surface area contributed by atoms with Crippen LogP contribution in [0.25, 0.3) is 0 Å². The first-order chi connectivity index (χ1) is 27.2. The molecule has 2 heterocycles. The van der Waals surface area contributed by atoms with E-state index in [0.717, 1.165) is 37.1 Å². The lowest BCUT2D eigenvalue weighted by Gasteiger charge is -2.30. The zero-order valence-corrected chi connectivity index (χ0v) is 31.2. The Bertz CT molecular complexity index is 2270. The van der Waals surface area contributed by atoms with E-state index in [9.17, 15) is 5.11 Å². The van der Waals surface area contributed by atoms with Crippen LogP contribution in [-0.4, -0.2) is 24.2 Å². The minimum Gasteiger partial charge on any atom is -0.379 e. The van der Waals surface area contributed by atoms with Crippen molar-refractivity contribution in [3.63, 3.8) is 0 Å². The molecule has 0 radical (unpaired) electrons. The van der Waals surface area contributed by atoms with Gasteiger partial charge < -0.3 is 14.2 Å². The van der Waals surface area contributed by atoms with Crippen LogP contribution in [0.5, 0.6) is 0 Å². The minimum absolute atomic E-state index is 0.331. The fourth-order valence-electron chi connectivity index (χ4n) is 7.34. The van der Waals surface area contributed by atoms with Gasteiger partial charge in [-0.15, -0.1) is 0 Å². The Labute approximate surface area is 325 Å². The van der Waals surface area contributed by atoms with Crippen LogP contribution in [0.2, 0.25) is 0 Å². The maximum absolute atomic E-state index is 11.9. The van der Waals surface area contributed by atoms with Crippen molar-refractivity contribution in [3.8, 4) is 0 Å². The van der Waals surface area contributed by atoms with Crippen molar-refractivity contribution in [1.82, 2.24) is 19.1 Å². The van der Waals surface area contributed by atoms with Crippen molar-refractivity contribution in [1.29, 1.82) is 0 Å². The van der Waals surface area contributed by atoms with E-state index >= 15 is 0 Å². The van der Waals surface area contributed by atoms with Crippen molar-refractivity contribution in [2.75, 3.05) is 0 Å². The van der Waals surface area contributed by atoms with Crippen LogP contribution >= 0.6 is 0 Å². The van der Waals surface area contributed by atoms with Crippen molar-refractivity contribution < 1.29 is 5.11 Å². The molecule has 0 amide bonds. The summed E-state index contributed by atoms with van der Waals surface area (Å²) >= 11 is 0. The molecular weight excluding hydrogens is 673 g/mol. The maximum atomic E-state index is 11.9. The molecule has 0 aliphatic carbocycles. The monoisotopic (exact) mass is 720 g/mol. The summed E-state index contributed by atoms with van der Waals surface area (Å²) in [6.07, 6.45) is 11.1. The molecule has 0 saturated heterocycles. The highest BCUT2D eigenvalue weighted by Crippen LogP contribution is 2.35. The summed E-state index contributed by atoms with van der Waals surface area (Å²) in [6.45, 7) is 1.53. The zero-order chi connectivity index (χ0) is 37.5. The van der Waals surface area contributed by atoms with E-state index < -0.39 is 5.60 Å². The number of imidazole rings is 2. The van der Waals surface area contributed by atoms with Crippen molar-refractivity contribution in [2.45, 2.75) is 50.3 Å². The molecule has 2 atom stereocenters. The molecule has 5 heteroatoms. The van der Waals surface area contributed by atoms with Gasteiger partial charge in [0.1, 0.15) is 5.60 Å². The third kappa shape index (κ3) is 9.82. The summed E-state index contributed by atoms with van der Waals surface area (Å²) in [4.78, 5) is 8.85. The van der Waals surface area contributed by atoms with E-state index in [1.54, 1.807) is 12.5 Å². The Morgan fingerprint density at radius 3 is 1.47 bits per heavy atom. The van der Waals surface area contributed by atoms with Crippen molar-refractivity contribution in [3.05, 3.63) is 252 Å².